The third kappa shape index (κ3) is 2.39. The zero-order valence-electron chi connectivity index (χ0n) is 10.8. The Morgan fingerprint density at radius 1 is 1.47 bits per heavy atom. The molecular formula is C14H23N3. The lowest BCUT2D eigenvalue weighted by molar-refractivity contribution is 0.400. The van der Waals surface area contributed by atoms with Crippen LogP contribution in [0.15, 0.2) is 12.5 Å². The molecule has 1 aromatic heterocycles. The molecule has 2 aliphatic carbocycles. The summed E-state index contributed by atoms with van der Waals surface area (Å²) in [7, 11) is 0. The van der Waals surface area contributed by atoms with Crippen LogP contribution in [0.2, 0.25) is 0 Å². The Morgan fingerprint density at radius 2 is 2.29 bits per heavy atom. The normalized spacial score (nSPS) is 21.7. The van der Waals surface area contributed by atoms with Crippen LogP contribution >= 0.6 is 0 Å². The van der Waals surface area contributed by atoms with E-state index >= 15 is 0 Å². The molecule has 3 heteroatoms. The number of imidazole rings is 1. The van der Waals surface area contributed by atoms with E-state index in [-0.39, 0.29) is 0 Å². The van der Waals surface area contributed by atoms with Gasteiger partial charge in [-0.2, -0.15) is 0 Å². The van der Waals surface area contributed by atoms with Gasteiger partial charge in [-0.1, -0.05) is 6.92 Å². The van der Waals surface area contributed by atoms with Gasteiger partial charge in [0.2, 0.25) is 0 Å². The Labute approximate surface area is 104 Å². The molecule has 0 unspecified atom stereocenters. The van der Waals surface area contributed by atoms with Gasteiger partial charge in [0.25, 0.3) is 0 Å². The molecule has 3 rings (SSSR count). The maximum atomic E-state index is 4.24. The first kappa shape index (κ1) is 11.3. The minimum absolute atomic E-state index is 0.704. The molecule has 1 aromatic rings. The van der Waals surface area contributed by atoms with Gasteiger partial charge in [0.05, 0.1) is 12.0 Å². The summed E-state index contributed by atoms with van der Waals surface area (Å²) in [6.45, 7) is 5.50. The maximum absolute atomic E-state index is 4.24. The average molecular weight is 233 g/mol. The van der Waals surface area contributed by atoms with E-state index in [4.69, 9.17) is 0 Å². The highest BCUT2D eigenvalue weighted by molar-refractivity contribution is 5.06. The molecule has 1 heterocycles. The second-order valence-electron chi connectivity index (χ2n) is 5.82. The van der Waals surface area contributed by atoms with E-state index in [0.717, 1.165) is 19.0 Å². The van der Waals surface area contributed by atoms with Crippen molar-refractivity contribution in [1.82, 2.24) is 14.9 Å². The molecular weight excluding hydrogens is 210 g/mol. The second-order valence-corrected chi connectivity index (χ2v) is 5.82. The summed E-state index contributed by atoms with van der Waals surface area (Å²) < 4.78 is 2.27. The zero-order valence-corrected chi connectivity index (χ0v) is 10.8. The van der Waals surface area contributed by atoms with Gasteiger partial charge < -0.3 is 9.88 Å². The van der Waals surface area contributed by atoms with Crippen LogP contribution in [0.1, 0.15) is 44.7 Å². The molecule has 0 bridgehead atoms. The van der Waals surface area contributed by atoms with Crippen LogP contribution in [-0.4, -0.2) is 16.1 Å². The van der Waals surface area contributed by atoms with Crippen LogP contribution in [-0.2, 0) is 13.1 Å². The van der Waals surface area contributed by atoms with Crippen LogP contribution in [0.25, 0.3) is 0 Å². The largest absolute Gasteiger partial charge is 0.333 e. The molecule has 0 spiro atoms. The fourth-order valence-corrected chi connectivity index (χ4v) is 2.96. The van der Waals surface area contributed by atoms with Gasteiger partial charge in [0.1, 0.15) is 0 Å². The van der Waals surface area contributed by atoms with E-state index in [1.165, 1.54) is 44.3 Å². The summed E-state index contributed by atoms with van der Waals surface area (Å²) >= 11 is 0. The van der Waals surface area contributed by atoms with E-state index in [1.54, 1.807) is 0 Å². The van der Waals surface area contributed by atoms with Crippen molar-refractivity contribution in [2.24, 2.45) is 11.3 Å². The first-order valence-electron chi connectivity index (χ1n) is 7.04. The standard InChI is InChI=1S/C14H23N3/c1-2-7-17-11-16-9-13(17)8-15-10-14(5-6-14)12-3-4-12/h9,11-12,15H,2-8,10H2,1H3. The number of hydrogen-bond donors (Lipinski definition) is 1. The number of hydrogen-bond acceptors (Lipinski definition) is 2. The van der Waals surface area contributed by atoms with Crippen molar-refractivity contribution in [2.75, 3.05) is 6.54 Å². The van der Waals surface area contributed by atoms with E-state index in [2.05, 4.69) is 21.8 Å². The number of rotatable bonds is 7. The summed E-state index contributed by atoms with van der Waals surface area (Å²) in [5.74, 6) is 1.05. The van der Waals surface area contributed by atoms with Crippen molar-refractivity contribution in [2.45, 2.75) is 52.1 Å². The van der Waals surface area contributed by atoms with E-state index < -0.39 is 0 Å². The molecule has 0 saturated heterocycles. The molecule has 2 saturated carbocycles. The second kappa shape index (κ2) is 4.45. The van der Waals surface area contributed by atoms with E-state index in [9.17, 15) is 0 Å². The Morgan fingerprint density at radius 3 is 2.94 bits per heavy atom. The highest BCUT2D eigenvalue weighted by Crippen LogP contribution is 2.60. The number of aromatic nitrogens is 2. The summed E-state index contributed by atoms with van der Waals surface area (Å²) in [4.78, 5) is 4.24. The molecule has 1 N–H and O–H groups in total. The summed E-state index contributed by atoms with van der Waals surface area (Å²) in [6.07, 6.45) is 11.0. The van der Waals surface area contributed by atoms with Crippen LogP contribution in [0.5, 0.6) is 0 Å². The number of aryl methyl sites for hydroxylation is 1. The SMILES string of the molecule is CCCn1cncc1CNCC1(C2CC2)CC1. The first-order valence-corrected chi connectivity index (χ1v) is 7.04. The lowest BCUT2D eigenvalue weighted by atomic mass is 10.0. The van der Waals surface area contributed by atoms with E-state index in [0.29, 0.717) is 5.41 Å². The fourth-order valence-electron chi connectivity index (χ4n) is 2.96. The van der Waals surface area contributed by atoms with Crippen molar-refractivity contribution in [3.8, 4) is 0 Å². The molecule has 0 aromatic carbocycles. The molecule has 0 atom stereocenters. The monoisotopic (exact) mass is 233 g/mol. The number of nitrogens with one attached hydrogen (secondary N) is 1. The first-order chi connectivity index (χ1) is 8.34. The Bertz CT molecular complexity index is 375. The minimum Gasteiger partial charge on any atom is -0.333 e. The molecule has 94 valence electrons. The fraction of sp³-hybridized carbons (Fsp3) is 0.786. The van der Waals surface area contributed by atoms with E-state index in [1.807, 2.05) is 12.5 Å². The van der Waals surface area contributed by atoms with Crippen LogP contribution in [0.3, 0.4) is 0 Å². The Hall–Kier alpha value is -0.830. The van der Waals surface area contributed by atoms with Crippen molar-refractivity contribution < 1.29 is 0 Å². The lowest BCUT2D eigenvalue weighted by Crippen LogP contribution is -2.26. The summed E-state index contributed by atoms with van der Waals surface area (Å²) in [5.41, 5.74) is 2.04. The third-order valence-electron chi connectivity index (χ3n) is 4.38. The number of nitrogens with zero attached hydrogens (tertiary/aromatic N) is 2. The van der Waals surface area contributed by atoms with Crippen molar-refractivity contribution in [1.29, 1.82) is 0 Å². The van der Waals surface area contributed by atoms with Gasteiger partial charge in [-0.25, -0.2) is 4.98 Å². The van der Waals surface area contributed by atoms with Crippen LogP contribution in [0.4, 0.5) is 0 Å². The summed E-state index contributed by atoms with van der Waals surface area (Å²) in [6, 6.07) is 0. The Kier molecular flexibility index (Phi) is 2.95. The molecule has 2 fully saturated rings. The highest BCUT2D eigenvalue weighted by atomic mass is 15.1. The minimum atomic E-state index is 0.704. The predicted molar refractivity (Wildman–Crippen MR) is 68.6 cm³/mol. The van der Waals surface area contributed by atoms with Gasteiger partial charge >= 0.3 is 0 Å². The molecule has 0 aliphatic heterocycles. The van der Waals surface area contributed by atoms with Crippen molar-refractivity contribution in [3.63, 3.8) is 0 Å². The maximum Gasteiger partial charge on any atom is 0.0948 e. The van der Waals surface area contributed by atoms with Crippen molar-refractivity contribution >= 4 is 0 Å². The van der Waals surface area contributed by atoms with Gasteiger partial charge in [0.15, 0.2) is 0 Å². The third-order valence-corrected chi connectivity index (χ3v) is 4.38. The predicted octanol–water partition coefficient (Wildman–Crippen LogP) is 2.57. The Balaban J connectivity index is 1.48. The lowest BCUT2D eigenvalue weighted by Gasteiger charge is -2.15. The van der Waals surface area contributed by atoms with Gasteiger partial charge in [-0.3, -0.25) is 0 Å². The molecule has 17 heavy (non-hydrogen) atoms. The van der Waals surface area contributed by atoms with Gasteiger partial charge in [0, 0.05) is 25.8 Å². The van der Waals surface area contributed by atoms with Gasteiger partial charge in [-0.05, 0) is 43.4 Å². The van der Waals surface area contributed by atoms with Crippen LogP contribution in [0, 0.1) is 11.3 Å². The smallest absolute Gasteiger partial charge is 0.0948 e. The summed E-state index contributed by atoms with van der Waals surface area (Å²) in [5, 5.41) is 3.65. The van der Waals surface area contributed by atoms with Crippen LogP contribution < -0.4 is 5.32 Å². The quantitative estimate of drug-likeness (QED) is 0.784. The molecule has 0 amide bonds. The van der Waals surface area contributed by atoms with Gasteiger partial charge in [-0.15, -0.1) is 0 Å². The molecule has 2 aliphatic rings. The molecule has 3 nitrogen and oxygen atoms in total. The van der Waals surface area contributed by atoms with Crippen molar-refractivity contribution in [3.05, 3.63) is 18.2 Å². The average Bonchev–Trinajstić information content (AvgIpc) is 3.21. The molecule has 0 radical (unpaired) electrons. The highest BCUT2D eigenvalue weighted by Gasteiger charge is 2.53. The zero-order chi connectivity index (χ0) is 11.7. The topological polar surface area (TPSA) is 29.9 Å².